The Morgan fingerprint density at radius 3 is 2.76 bits per heavy atom. The zero-order chi connectivity index (χ0) is 15.0. The van der Waals surface area contributed by atoms with Crippen molar-refractivity contribution < 1.29 is 4.79 Å². The highest BCUT2D eigenvalue weighted by Gasteiger charge is 2.17. The summed E-state index contributed by atoms with van der Waals surface area (Å²) >= 11 is 8.78. The molecule has 0 saturated carbocycles. The minimum absolute atomic E-state index is 0.141. The summed E-state index contributed by atoms with van der Waals surface area (Å²) in [7, 11) is 0. The maximum atomic E-state index is 12.3. The van der Waals surface area contributed by atoms with Crippen LogP contribution in [-0.4, -0.2) is 5.91 Å². The zero-order valence-corrected chi connectivity index (χ0v) is 13.7. The molecule has 0 aliphatic carbocycles. The summed E-state index contributed by atoms with van der Waals surface area (Å²) in [6.45, 7) is 2.48. The first-order valence-corrected chi connectivity index (χ1v) is 8.37. The van der Waals surface area contributed by atoms with Gasteiger partial charge < -0.3 is 11.1 Å². The number of nitrogen functional groups attached to an aromatic ring is 1. The number of amides is 1. The number of thiophene rings is 2. The second-order valence-electron chi connectivity index (χ2n) is 4.68. The molecule has 21 heavy (non-hydrogen) atoms. The molecule has 1 aromatic carbocycles. The smallest absolute Gasteiger partial charge is 0.263 e. The Kier molecular flexibility index (Phi) is 3.89. The van der Waals surface area contributed by atoms with Crippen LogP contribution in [0.4, 0.5) is 5.69 Å². The van der Waals surface area contributed by atoms with Crippen LogP contribution in [0.3, 0.4) is 0 Å². The summed E-state index contributed by atoms with van der Waals surface area (Å²) in [5.74, 6) is -0.141. The molecular weight excluding hydrogens is 324 g/mol. The van der Waals surface area contributed by atoms with Crippen LogP contribution in [0.2, 0.25) is 4.34 Å². The number of benzene rings is 1. The Hall–Kier alpha value is -1.56. The number of carbonyl (C=O) groups is 1. The summed E-state index contributed by atoms with van der Waals surface area (Å²) in [6.07, 6.45) is 0. The third-order valence-corrected chi connectivity index (χ3v) is 5.80. The van der Waals surface area contributed by atoms with Crippen molar-refractivity contribution >= 4 is 56.0 Å². The minimum atomic E-state index is -0.141. The summed E-state index contributed by atoms with van der Waals surface area (Å²) in [5, 5.41) is 3.84. The molecule has 0 saturated heterocycles. The molecule has 2 aromatic heterocycles. The molecule has 0 unspecified atom stereocenters. The van der Waals surface area contributed by atoms with Gasteiger partial charge >= 0.3 is 0 Å². The average molecular weight is 337 g/mol. The molecule has 3 aromatic rings. The number of carbonyl (C=O) groups excluding carboxylic acids is 1. The molecule has 3 N–H and O–H groups in total. The molecule has 108 valence electrons. The lowest BCUT2D eigenvalue weighted by Crippen LogP contribution is -2.22. The average Bonchev–Trinajstić information content (AvgIpc) is 3.02. The van der Waals surface area contributed by atoms with Gasteiger partial charge in [0, 0.05) is 15.0 Å². The Balaban J connectivity index is 1.84. The van der Waals surface area contributed by atoms with Gasteiger partial charge in [-0.1, -0.05) is 29.8 Å². The molecule has 0 bridgehead atoms. The van der Waals surface area contributed by atoms with E-state index in [9.17, 15) is 4.79 Å². The quantitative estimate of drug-likeness (QED) is 0.743. The van der Waals surface area contributed by atoms with E-state index >= 15 is 0 Å². The number of anilines is 1. The fraction of sp³-hybridized carbons (Fsp3) is 0.133. The molecule has 0 aliphatic heterocycles. The molecule has 0 aliphatic rings. The molecule has 0 atom stereocenters. The first kappa shape index (κ1) is 14.4. The maximum absolute atomic E-state index is 12.3. The van der Waals surface area contributed by atoms with Gasteiger partial charge in [0.25, 0.3) is 5.91 Å². The van der Waals surface area contributed by atoms with E-state index in [4.69, 9.17) is 17.3 Å². The Labute approximate surface area is 135 Å². The van der Waals surface area contributed by atoms with Gasteiger partial charge in [-0.25, -0.2) is 0 Å². The van der Waals surface area contributed by atoms with Gasteiger partial charge in [0.15, 0.2) is 0 Å². The SMILES string of the molecule is Cc1cccc2c(N)c(C(=O)NCc3ccc(Cl)s3)sc12. The fourth-order valence-corrected chi connectivity index (χ4v) is 4.28. The van der Waals surface area contributed by atoms with Crippen LogP contribution in [0.25, 0.3) is 10.1 Å². The highest BCUT2D eigenvalue weighted by atomic mass is 35.5. The van der Waals surface area contributed by atoms with E-state index in [0.717, 1.165) is 24.9 Å². The van der Waals surface area contributed by atoms with Crippen LogP contribution in [0.5, 0.6) is 0 Å². The lowest BCUT2D eigenvalue weighted by Gasteiger charge is -2.02. The molecule has 0 radical (unpaired) electrons. The van der Waals surface area contributed by atoms with Crippen LogP contribution in [0.1, 0.15) is 20.1 Å². The van der Waals surface area contributed by atoms with Crippen molar-refractivity contribution in [3.05, 3.63) is 50.0 Å². The molecule has 0 fully saturated rings. The minimum Gasteiger partial charge on any atom is -0.397 e. The van der Waals surface area contributed by atoms with Crippen LogP contribution in [-0.2, 0) is 6.54 Å². The summed E-state index contributed by atoms with van der Waals surface area (Å²) in [4.78, 5) is 13.9. The number of halogens is 1. The number of rotatable bonds is 3. The number of aryl methyl sites for hydroxylation is 1. The first-order valence-electron chi connectivity index (χ1n) is 6.36. The van der Waals surface area contributed by atoms with E-state index < -0.39 is 0 Å². The lowest BCUT2D eigenvalue weighted by atomic mass is 10.1. The monoisotopic (exact) mass is 336 g/mol. The summed E-state index contributed by atoms with van der Waals surface area (Å²) in [5.41, 5.74) is 7.80. The third-order valence-electron chi connectivity index (χ3n) is 3.21. The van der Waals surface area contributed by atoms with Crippen molar-refractivity contribution in [3.63, 3.8) is 0 Å². The normalized spacial score (nSPS) is 11.0. The summed E-state index contributed by atoms with van der Waals surface area (Å²) in [6, 6.07) is 9.66. The standard InChI is InChI=1S/C15H13ClN2OS2/c1-8-3-2-4-10-12(17)14(21-13(8)10)15(19)18-7-9-5-6-11(16)20-9/h2-6H,7,17H2,1H3,(H,18,19). The summed E-state index contributed by atoms with van der Waals surface area (Å²) < 4.78 is 1.79. The maximum Gasteiger partial charge on any atom is 0.263 e. The van der Waals surface area contributed by atoms with E-state index in [0.29, 0.717) is 17.1 Å². The first-order chi connectivity index (χ1) is 10.1. The lowest BCUT2D eigenvalue weighted by molar-refractivity contribution is 0.0956. The van der Waals surface area contributed by atoms with Crippen LogP contribution >= 0.6 is 34.3 Å². The molecule has 3 nitrogen and oxygen atoms in total. The highest BCUT2D eigenvalue weighted by molar-refractivity contribution is 7.21. The topological polar surface area (TPSA) is 55.1 Å². The van der Waals surface area contributed by atoms with Gasteiger partial charge in [-0.2, -0.15) is 0 Å². The van der Waals surface area contributed by atoms with Crippen molar-refractivity contribution in [2.45, 2.75) is 13.5 Å². The van der Waals surface area contributed by atoms with E-state index in [-0.39, 0.29) is 5.91 Å². The molecule has 6 heteroatoms. The van der Waals surface area contributed by atoms with E-state index in [1.165, 1.54) is 22.7 Å². The predicted molar refractivity (Wildman–Crippen MR) is 91.5 cm³/mol. The van der Waals surface area contributed by atoms with Crippen LogP contribution in [0.15, 0.2) is 30.3 Å². The van der Waals surface area contributed by atoms with Crippen LogP contribution < -0.4 is 11.1 Å². The van der Waals surface area contributed by atoms with Crippen LogP contribution in [0, 0.1) is 6.92 Å². The molecule has 3 rings (SSSR count). The highest BCUT2D eigenvalue weighted by Crippen LogP contribution is 2.35. The number of nitrogens with two attached hydrogens (primary N) is 1. The van der Waals surface area contributed by atoms with Gasteiger partial charge in [-0.3, -0.25) is 4.79 Å². The number of hydrogen-bond acceptors (Lipinski definition) is 4. The Morgan fingerprint density at radius 1 is 1.29 bits per heavy atom. The number of hydrogen-bond donors (Lipinski definition) is 2. The fourth-order valence-electron chi connectivity index (χ4n) is 2.14. The van der Waals surface area contributed by atoms with Gasteiger partial charge in [0.05, 0.1) is 16.6 Å². The molecular formula is C15H13ClN2OS2. The zero-order valence-electron chi connectivity index (χ0n) is 11.3. The predicted octanol–water partition coefficient (Wildman–Crippen LogP) is 4.44. The molecule has 1 amide bonds. The second kappa shape index (κ2) is 5.67. The Bertz CT molecular complexity index is 822. The number of fused-ring (bicyclic) bond motifs is 1. The van der Waals surface area contributed by atoms with Crippen molar-refractivity contribution in [2.24, 2.45) is 0 Å². The van der Waals surface area contributed by atoms with E-state index in [1.54, 1.807) is 0 Å². The van der Waals surface area contributed by atoms with Crippen molar-refractivity contribution in [1.29, 1.82) is 0 Å². The number of nitrogens with one attached hydrogen (secondary N) is 1. The molecule has 2 heterocycles. The van der Waals surface area contributed by atoms with Gasteiger partial charge in [0.1, 0.15) is 4.88 Å². The van der Waals surface area contributed by atoms with Crippen molar-refractivity contribution in [1.82, 2.24) is 5.32 Å². The largest absolute Gasteiger partial charge is 0.397 e. The van der Waals surface area contributed by atoms with Crippen molar-refractivity contribution in [2.75, 3.05) is 5.73 Å². The third kappa shape index (κ3) is 2.77. The molecule has 0 spiro atoms. The van der Waals surface area contributed by atoms with Gasteiger partial charge in [-0.15, -0.1) is 22.7 Å². The van der Waals surface area contributed by atoms with Gasteiger partial charge in [0.2, 0.25) is 0 Å². The van der Waals surface area contributed by atoms with E-state index in [2.05, 4.69) is 5.32 Å². The second-order valence-corrected chi connectivity index (χ2v) is 7.51. The van der Waals surface area contributed by atoms with E-state index in [1.807, 2.05) is 37.3 Å². The van der Waals surface area contributed by atoms with Crippen molar-refractivity contribution in [3.8, 4) is 0 Å². The van der Waals surface area contributed by atoms with Gasteiger partial charge in [-0.05, 0) is 24.6 Å². The Morgan fingerprint density at radius 2 is 2.10 bits per heavy atom.